The highest BCUT2D eigenvalue weighted by molar-refractivity contribution is 6.07. The minimum Gasteiger partial charge on any atom is -0.445 e. The van der Waals surface area contributed by atoms with Gasteiger partial charge in [0.1, 0.15) is 6.26 Å². The number of nitrogens with two attached hydrogens (primary N) is 2. The Kier molecular flexibility index (Phi) is 3.01. The lowest BCUT2D eigenvalue weighted by Crippen LogP contribution is -2.00. The molecule has 0 radical (unpaired) electrons. The molecule has 0 unspecified atom stereocenters. The molecule has 112 valence electrons. The molecule has 0 atom stereocenters. The topological polar surface area (TPSA) is 78.1 Å². The van der Waals surface area contributed by atoms with Crippen molar-refractivity contribution in [1.29, 1.82) is 0 Å². The standard InChI is InChI=1S/C19H15N3O/c20-16-15-14(12-7-3-1-4-8-12)11-23-19(15)22-18(17(16)21)13-9-5-2-6-10-13/h1-11H,21H2,(H2,20,22). The van der Waals surface area contributed by atoms with E-state index in [-0.39, 0.29) is 0 Å². The number of hydrogen-bond donors (Lipinski definition) is 2. The van der Waals surface area contributed by atoms with Crippen LogP contribution in [0.2, 0.25) is 0 Å². The quantitative estimate of drug-likeness (QED) is 0.577. The first-order valence-corrected chi connectivity index (χ1v) is 7.32. The molecule has 0 bridgehead atoms. The molecule has 4 heteroatoms. The van der Waals surface area contributed by atoms with Crippen LogP contribution in [-0.2, 0) is 0 Å². The van der Waals surface area contributed by atoms with Gasteiger partial charge in [-0.15, -0.1) is 0 Å². The number of aromatic nitrogens is 1. The molecule has 0 saturated heterocycles. The molecule has 0 aliphatic heterocycles. The lowest BCUT2D eigenvalue weighted by atomic mass is 10.0. The lowest BCUT2D eigenvalue weighted by molar-refractivity contribution is 0.605. The van der Waals surface area contributed by atoms with Gasteiger partial charge < -0.3 is 15.9 Å². The zero-order valence-corrected chi connectivity index (χ0v) is 12.4. The SMILES string of the molecule is Nc1c(-c2ccccc2)nc2occ(-c3ccccc3)c2c1N. The van der Waals surface area contributed by atoms with Crippen LogP contribution in [0.1, 0.15) is 0 Å². The Balaban J connectivity index is 1.98. The second-order valence-corrected chi connectivity index (χ2v) is 5.35. The van der Waals surface area contributed by atoms with Gasteiger partial charge in [0, 0.05) is 11.1 Å². The number of anilines is 2. The molecule has 4 rings (SSSR count). The van der Waals surface area contributed by atoms with Gasteiger partial charge in [0.25, 0.3) is 0 Å². The zero-order valence-electron chi connectivity index (χ0n) is 12.4. The molecule has 0 aliphatic carbocycles. The van der Waals surface area contributed by atoms with Crippen molar-refractivity contribution in [1.82, 2.24) is 4.98 Å². The van der Waals surface area contributed by atoms with Gasteiger partial charge in [-0.1, -0.05) is 60.7 Å². The fourth-order valence-corrected chi connectivity index (χ4v) is 2.76. The van der Waals surface area contributed by atoms with Gasteiger partial charge in [0.2, 0.25) is 5.71 Å². The second kappa shape index (κ2) is 5.18. The Morgan fingerprint density at radius 1 is 0.739 bits per heavy atom. The van der Waals surface area contributed by atoms with Crippen LogP contribution in [0.15, 0.2) is 71.3 Å². The van der Waals surface area contributed by atoms with Crippen molar-refractivity contribution < 1.29 is 4.42 Å². The van der Waals surface area contributed by atoms with Crippen LogP contribution in [0.5, 0.6) is 0 Å². The van der Waals surface area contributed by atoms with Crippen LogP contribution in [-0.4, -0.2) is 4.98 Å². The minimum absolute atomic E-state index is 0.474. The van der Waals surface area contributed by atoms with Gasteiger partial charge in [0.15, 0.2) is 0 Å². The van der Waals surface area contributed by atoms with Gasteiger partial charge in [-0.25, -0.2) is 4.98 Å². The van der Waals surface area contributed by atoms with Crippen LogP contribution >= 0.6 is 0 Å². The lowest BCUT2D eigenvalue weighted by Gasteiger charge is -2.09. The number of benzene rings is 2. The minimum atomic E-state index is 0.474. The van der Waals surface area contributed by atoms with Crippen molar-refractivity contribution in [3.05, 3.63) is 66.9 Å². The van der Waals surface area contributed by atoms with Gasteiger partial charge in [-0.2, -0.15) is 0 Å². The maximum Gasteiger partial charge on any atom is 0.229 e. The summed E-state index contributed by atoms with van der Waals surface area (Å²) in [6, 6.07) is 19.6. The highest BCUT2D eigenvalue weighted by Crippen LogP contribution is 2.40. The molecule has 0 aliphatic rings. The van der Waals surface area contributed by atoms with Crippen molar-refractivity contribution in [2.75, 3.05) is 11.5 Å². The largest absolute Gasteiger partial charge is 0.445 e. The second-order valence-electron chi connectivity index (χ2n) is 5.35. The average Bonchev–Trinajstić information content (AvgIpc) is 3.04. The van der Waals surface area contributed by atoms with Crippen LogP contribution in [0.3, 0.4) is 0 Å². The van der Waals surface area contributed by atoms with Crippen molar-refractivity contribution in [2.45, 2.75) is 0 Å². The van der Waals surface area contributed by atoms with E-state index in [9.17, 15) is 0 Å². The van der Waals surface area contributed by atoms with E-state index in [1.165, 1.54) is 0 Å². The summed E-state index contributed by atoms with van der Waals surface area (Å²) in [6.45, 7) is 0. The number of fused-ring (bicyclic) bond motifs is 1. The molecule has 2 aromatic heterocycles. The Labute approximate surface area is 133 Å². The Bertz CT molecular complexity index is 976. The van der Waals surface area contributed by atoms with Crippen molar-refractivity contribution in [2.24, 2.45) is 0 Å². The first-order valence-electron chi connectivity index (χ1n) is 7.32. The first-order chi connectivity index (χ1) is 11.3. The fraction of sp³-hybridized carbons (Fsp3) is 0. The number of nitrogens with zero attached hydrogens (tertiary/aromatic N) is 1. The molecule has 0 spiro atoms. The van der Waals surface area contributed by atoms with Gasteiger partial charge in [-0.05, 0) is 5.56 Å². The predicted molar refractivity (Wildman–Crippen MR) is 93.7 cm³/mol. The number of rotatable bonds is 2. The third-order valence-electron chi connectivity index (χ3n) is 3.93. The summed E-state index contributed by atoms with van der Waals surface area (Å²) in [6.07, 6.45) is 1.68. The molecule has 0 saturated carbocycles. The molecule has 0 amide bonds. The van der Waals surface area contributed by atoms with E-state index < -0.39 is 0 Å². The van der Waals surface area contributed by atoms with E-state index in [0.29, 0.717) is 22.8 Å². The summed E-state index contributed by atoms with van der Waals surface area (Å²) in [5, 5.41) is 0.758. The summed E-state index contributed by atoms with van der Waals surface area (Å²) < 4.78 is 5.65. The highest BCUT2D eigenvalue weighted by Gasteiger charge is 2.18. The predicted octanol–water partition coefficient (Wildman–Crippen LogP) is 4.33. The van der Waals surface area contributed by atoms with Crippen LogP contribution < -0.4 is 11.5 Å². The van der Waals surface area contributed by atoms with E-state index in [4.69, 9.17) is 15.9 Å². The molecule has 2 aromatic carbocycles. The molecule has 4 nitrogen and oxygen atoms in total. The average molecular weight is 301 g/mol. The molecular weight excluding hydrogens is 286 g/mol. The summed E-state index contributed by atoms with van der Waals surface area (Å²) in [5.41, 5.74) is 17.5. The number of pyridine rings is 1. The van der Waals surface area contributed by atoms with Gasteiger partial charge >= 0.3 is 0 Å². The fourth-order valence-electron chi connectivity index (χ4n) is 2.76. The van der Waals surface area contributed by atoms with E-state index in [1.54, 1.807) is 6.26 Å². The van der Waals surface area contributed by atoms with Gasteiger partial charge in [-0.3, -0.25) is 0 Å². The summed E-state index contributed by atoms with van der Waals surface area (Å²) in [5.74, 6) is 0. The Morgan fingerprint density at radius 3 is 2.00 bits per heavy atom. The normalized spacial score (nSPS) is 11.0. The Morgan fingerprint density at radius 2 is 1.35 bits per heavy atom. The molecule has 2 heterocycles. The maximum absolute atomic E-state index is 6.31. The third-order valence-corrected chi connectivity index (χ3v) is 3.93. The summed E-state index contributed by atoms with van der Waals surface area (Å²) in [4.78, 5) is 4.58. The maximum atomic E-state index is 6.31. The van der Waals surface area contributed by atoms with Crippen LogP contribution in [0.4, 0.5) is 11.4 Å². The smallest absolute Gasteiger partial charge is 0.229 e. The number of nitrogen functional groups attached to an aromatic ring is 2. The molecular formula is C19H15N3O. The number of furan rings is 1. The highest BCUT2D eigenvalue weighted by atomic mass is 16.3. The summed E-state index contributed by atoms with van der Waals surface area (Å²) >= 11 is 0. The van der Waals surface area contributed by atoms with E-state index in [0.717, 1.165) is 22.1 Å². The summed E-state index contributed by atoms with van der Waals surface area (Å²) in [7, 11) is 0. The van der Waals surface area contributed by atoms with Crippen molar-refractivity contribution in [3.8, 4) is 22.4 Å². The molecule has 0 fully saturated rings. The Hall–Kier alpha value is -3.27. The van der Waals surface area contributed by atoms with E-state index in [1.807, 2.05) is 60.7 Å². The van der Waals surface area contributed by atoms with Crippen molar-refractivity contribution in [3.63, 3.8) is 0 Å². The molecule has 4 aromatic rings. The third kappa shape index (κ3) is 2.12. The molecule has 4 N–H and O–H groups in total. The first kappa shape index (κ1) is 13.4. The zero-order chi connectivity index (χ0) is 15.8. The van der Waals surface area contributed by atoms with E-state index >= 15 is 0 Å². The molecule has 23 heavy (non-hydrogen) atoms. The van der Waals surface area contributed by atoms with Gasteiger partial charge in [0.05, 0.1) is 22.5 Å². The van der Waals surface area contributed by atoms with E-state index in [2.05, 4.69) is 4.98 Å². The van der Waals surface area contributed by atoms with Crippen LogP contribution in [0, 0.1) is 0 Å². The monoisotopic (exact) mass is 301 g/mol. The van der Waals surface area contributed by atoms with Crippen LogP contribution in [0.25, 0.3) is 33.5 Å². The van der Waals surface area contributed by atoms with Crippen molar-refractivity contribution >= 4 is 22.5 Å². The number of hydrogen-bond acceptors (Lipinski definition) is 4.